The Labute approximate surface area is 143 Å². The van der Waals surface area contributed by atoms with Crippen LogP contribution in [0.5, 0.6) is 0 Å². The molecule has 1 aromatic heterocycles. The van der Waals surface area contributed by atoms with Gasteiger partial charge in [-0.05, 0) is 42.7 Å². The normalized spacial score (nSPS) is 13.2. The standard InChI is InChI=1S/C19H17N3O3/c1-12-5-4-8-16-13(12)9-10-21(16)17(23)11-22-18(24)14-6-2-3-7-15(14)20-19(22)25/h2-8H,9-11H2,1H3,(H,20,25). The molecule has 0 atom stereocenters. The van der Waals surface area contributed by atoms with Crippen LogP contribution >= 0.6 is 0 Å². The van der Waals surface area contributed by atoms with Crippen molar-refractivity contribution < 1.29 is 4.79 Å². The molecule has 0 saturated heterocycles. The Kier molecular flexibility index (Phi) is 3.53. The Morgan fingerprint density at radius 1 is 1.12 bits per heavy atom. The summed E-state index contributed by atoms with van der Waals surface area (Å²) >= 11 is 0. The largest absolute Gasteiger partial charge is 0.329 e. The summed E-state index contributed by atoms with van der Waals surface area (Å²) in [4.78, 5) is 41.9. The van der Waals surface area contributed by atoms with Gasteiger partial charge in [-0.15, -0.1) is 0 Å². The zero-order valence-corrected chi connectivity index (χ0v) is 13.8. The third kappa shape index (κ3) is 2.46. The molecule has 1 aliphatic heterocycles. The number of anilines is 1. The maximum absolute atomic E-state index is 12.7. The molecule has 0 aliphatic carbocycles. The molecular weight excluding hydrogens is 318 g/mol. The molecule has 0 unspecified atom stereocenters. The molecule has 126 valence electrons. The number of hydrogen-bond donors (Lipinski definition) is 1. The molecule has 0 bridgehead atoms. The Morgan fingerprint density at radius 2 is 1.92 bits per heavy atom. The van der Waals surface area contributed by atoms with Gasteiger partial charge in [0.1, 0.15) is 6.54 Å². The van der Waals surface area contributed by atoms with Crippen LogP contribution in [0.3, 0.4) is 0 Å². The number of fused-ring (bicyclic) bond motifs is 2. The quantitative estimate of drug-likeness (QED) is 0.773. The fourth-order valence-electron chi connectivity index (χ4n) is 3.43. The molecule has 1 N–H and O–H groups in total. The van der Waals surface area contributed by atoms with Crippen molar-refractivity contribution in [2.75, 3.05) is 11.4 Å². The molecule has 4 rings (SSSR count). The zero-order chi connectivity index (χ0) is 17.6. The van der Waals surface area contributed by atoms with Crippen molar-refractivity contribution >= 4 is 22.5 Å². The lowest BCUT2D eigenvalue weighted by molar-refractivity contribution is -0.119. The van der Waals surface area contributed by atoms with Gasteiger partial charge in [0.2, 0.25) is 5.91 Å². The third-order valence-electron chi connectivity index (χ3n) is 4.75. The number of para-hydroxylation sites is 1. The lowest BCUT2D eigenvalue weighted by Gasteiger charge is -2.18. The summed E-state index contributed by atoms with van der Waals surface area (Å²) in [5, 5.41) is 0.396. The highest BCUT2D eigenvalue weighted by Crippen LogP contribution is 2.30. The van der Waals surface area contributed by atoms with Gasteiger partial charge < -0.3 is 9.88 Å². The summed E-state index contributed by atoms with van der Waals surface area (Å²) in [6.45, 7) is 2.32. The summed E-state index contributed by atoms with van der Waals surface area (Å²) in [7, 11) is 0. The Balaban J connectivity index is 1.72. The van der Waals surface area contributed by atoms with E-state index in [2.05, 4.69) is 4.98 Å². The van der Waals surface area contributed by atoms with E-state index in [0.717, 1.165) is 27.8 Å². The van der Waals surface area contributed by atoms with E-state index in [-0.39, 0.29) is 12.5 Å². The number of H-pyrrole nitrogens is 1. The summed E-state index contributed by atoms with van der Waals surface area (Å²) < 4.78 is 0.971. The van der Waals surface area contributed by atoms with Gasteiger partial charge in [-0.3, -0.25) is 14.2 Å². The number of rotatable bonds is 2. The third-order valence-corrected chi connectivity index (χ3v) is 4.75. The average Bonchev–Trinajstić information content (AvgIpc) is 3.04. The second-order valence-electron chi connectivity index (χ2n) is 6.24. The summed E-state index contributed by atoms with van der Waals surface area (Å²) in [6, 6.07) is 12.6. The minimum absolute atomic E-state index is 0.257. The van der Waals surface area contributed by atoms with Crippen molar-refractivity contribution in [2.45, 2.75) is 19.9 Å². The first-order valence-corrected chi connectivity index (χ1v) is 8.17. The van der Waals surface area contributed by atoms with Gasteiger partial charge in [-0.2, -0.15) is 0 Å². The first-order chi connectivity index (χ1) is 12.1. The number of aromatic nitrogens is 2. The molecular formula is C19H17N3O3. The first-order valence-electron chi connectivity index (χ1n) is 8.17. The minimum Gasteiger partial charge on any atom is -0.310 e. The van der Waals surface area contributed by atoms with Crippen LogP contribution in [0.15, 0.2) is 52.1 Å². The van der Waals surface area contributed by atoms with Crippen LogP contribution in [-0.4, -0.2) is 22.0 Å². The number of nitrogens with zero attached hydrogens (tertiary/aromatic N) is 2. The molecule has 0 fully saturated rings. The van der Waals surface area contributed by atoms with E-state index in [1.54, 1.807) is 29.2 Å². The summed E-state index contributed by atoms with van der Waals surface area (Å²) in [5.41, 5.74) is 2.62. The van der Waals surface area contributed by atoms with Crippen LogP contribution in [-0.2, 0) is 17.8 Å². The number of aryl methyl sites for hydroxylation is 1. The molecule has 2 heterocycles. The molecule has 0 radical (unpaired) electrons. The lowest BCUT2D eigenvalue weighted by Crippen LogP contribution is -2.42. The van der Waals surface area contributed by atoms with E-state index in [1.807, 2.05) is 25.1 Å². The van der Waals surface area contributed by atoms with Crippen LogP contribution in [0.25, 0.3) is 10.9 Å². The number of nitrogens with one attached hydrogen (secondary N) is 1. The monoisotopic (exact) mass is 335 g/mol. The molecule has 0 saturated carbocycles. The molecule has 25 heavy (non-hydrogen) atoms. The van der Waals surface area contributed by atoms with Crippen LogP contribution < -0.4 is 16.1 Å². The van der Waals surface area contributed by atoms with Crippen molar-refractivity contribution in [3.05, 3.63) is 74.4 Å². The van der Waals surface area contributed by atoms with Crippen molar-refractivity contribution in [1.82, 2.24) is 9.55 Å². The highest BCUT2D eigenvalue weighted by molar-refractivity contribution is 5.95. The van der Waals surface area contributed by atoms with Gasteiger partial charge in [0, 0.05) is 12.2 Å². The van der Waals surface area contributed by atoms with Gasteiger partial charge in [0.25, 0.3) is 5.56 Å². The molecule has 2 aromatic carbocycles. The number of benzene rings is 2. The van der Waals surface area contributed by atoms with Crippen LogP contribution in [0, 0.1) is 6.92 Å². The smallest absolute Gasteiger partial charge is 0.310 e. The van der Waals surface area contributed by atoms with E-state index in [4.69, 9.17) is 0 Å². The molecule has 1 aliphatic rings. The molecule has 6 heteroatoms. The van der Waals surface area contributed by atoms with Gasteiger partial charge in [0.05, 0.1) is 10.9 Å². The predicted molar refractivity (Wildman–Crippen MR) is 96.1 cm³/mol. The second kappa shape index (κ2) is 5.73. The Morgan fingerprint density at radius 3 is 2.76 bits per heavy atom. The molecule has 3 aromatic rings. The second-order valence-corrected chi connectivity index (χ2v) is 6.24. The topological polar surface area (TPSA) is 75.2 Å². The molecule has 1 amide bonds. The fraction of sp³-hybridized carbons (Fsp3) is 0.211. The van der Waals surface area contributed by atoms with Crippen molar-refractivity contribution in [1.29, 1.82) is 0 Å². The number of hydrogen-bond acceptors (Lipinski definition) is 3. The van der Waals surface area contributed by atoms with Gasteiger partial charge >= 0.3 is 5.69 Å². The van der Waals surface area contributed by atoms with E-state index in [9.17, 15) is 14.4 Å². The Bertz CT molecular complexity index is 1110. The van der Waals surface area contributed by atoms with Crippen molar-refractivity contribution in [3.8, 4) is 0 Å². The maximum atomic E-state index is 12.7. The minimum atomic E-state index is -0.569. The van der Waals surface area contributed by atoms with Crippen molar-refractivity contribution in [2.24, 2.45) is 0 Å². The first kappa shape index (κ1) is 15.4. The van der Waals surface area contributed by atoms with E-state index < -0.39 is 11.2 Å². The predicted octanol–water partition coefficient (Wildman–Crippen LogP) is 1.59. The highest BCUT2D eigenvalue weighted by atomic mass is 16.2. The SMILES string of the molecule is Cc1cccc2c1CCN2C(=O)Cn1c(=O)[nH]c2ccccc2c1=O. The number of amides is 1. The van der Waals surface area contributed by atoms with Gasteiger partial charge in [0.15, 0.2) is 0 Å². The van der Waals surface area contributed by atoms with E-state index in [0.29, 0.717) is 17.4 Å². The molecule has 0 spiro atoms. The summed E-state index contributed by atoms with van der Waals surface area (Å²) in [5.74, 6) is -0.257. The lowest BCUT2D eigenvalue weighted by atomic mass is 10.1. The van der Waals surface area contributed by atoms with Crippen molar-refractivity contribution in [3.63, 3.8) is 0 Å². The number of carbonyl (C=O) groups is 1. The maximum Gasteiger partial charge on any atom is 0.329 e. The highest BCUT2D eigenvalue weighted by Gasteiger charge is 2.26. The van der Waals surface area contributed by atoms with Crippen LogP contribution in [0.2, 0.25) is 0 Å². The number of carbonyl (C=O) groups excluding carboxylic acids is 1. The Hall–Kier alpha value is -3.15. The summed E-state index contributed by atoms with van der Waals surface area (Å²) in [6.07, 6.45) is 0.788. The fourth-order valence-corrected chi connectivity index (χ4v) is 3.43. The average molecular weight is 335 g/mol. The number of aromatic amines is 1. The van der Waals surface area contributed by atoms with Gasteiger partial charge in [-0.1, -0.05) is 24.3 Å². The van der Waals surface area contributed by atoms with Crippen LogP contribution in [0.1, 0.15) is 11.1 Å². The zero-order valence-electron chi connectivity index (χ0n) is 13.8. The van der Waals surface area contributed by atoms with Crippen LogP contribution in [0.4, 0.5) is 5.69 Å². The van der Waals surface area contributed by atoms with Gasteiger partial charge in [-0.25, -0.2) is 4.79 Å². The molecule has 6 nitrogen and oxygen atoms in total. The van der Waals surface area contributed by atoms with E-state index in [1.165, 1.54) is 0 Å². The van der Waals surface area contributed by atoms with E-state index >= 15 is 0 Å².